The second-order valence-electron chi connectivity index (χ2n) is 7.50. The minimum Gasteiger partial charge on any atom is -0.461 e. The Morgan fingerprint density at radius 3 is 2.59 bits per heavy atom. The summed E-state index contributed by atoms with van der Waals surface area (Å²) >= 11 is 6.79. The van der Waals surface area contributed by atoms with E-state index in [9.17, 15) is 22.4 Å². The molecule has 29 heavy (non-hydrogen) atoms. The summed E-state index contributed by atoms with van der Waals surface area (Å²) in [7, 11) is 0. The molecule has 0 aliphatic heterocycles. The molecule has 0 unspecified atom stereocenters. The van der Waals surface area contributed by atoms with E-state index in [4.69, 9.17) is 16.3 Å². The van der Waals surface area contributed by atoms with Crippen molar-refractivity contribution in [3.05, 3.63) is 57.9 Å². The third-order valence-corrected chi connectivity index (χ3v) is 6.57. The highest BCUT2D eigenvalue weighted by Gasteiger charge is 2.62. The van der Waals surface area contributed by atoms with Crippen LogP contribution in [0.4, 0.5) is 17.6 Å². The Bertz CT molecular complexity index is 919. The van der Waals surface area contributed by atoms with Gasteiger partial charge in [-0.15, -0.1) is 11.3 Å². The molecular formula is C21H19ClF4O2S. The van der Waals surface area contributed by atoms with Crippen LogP contribution < -0.4 is 0 Å². The molecule has 0 saturated heterocycles. The minimum atomic E-state index is -4.65. The first-order valence-corrected chi connectivity index (χ1v) is 10.1. The van der Waals surface area contributed by atoms with E-state index in [1.54, 1.807) is 32.0 Å². The molecule has 0 radical (unpaired) electrons. The maximum Gasteiger partial charge on any atom is 0.426 e. The fourth-order valence-corrected chi connectivity index (χ4v) is 4.43. The molecule has 156 valence electrons. The number of hydrogen-bond acceptors (Lipinski definition) is 3. The van der Waals surface area contributed by atoms with Crippen molar-refractivity contribution in [1.29, 1.82) is 0 Å². The van der Waals surface area contributed by atoms with E-state index in [-0.39, 0.29) is 6.61 Å². The van der Waals surface area contributed by atoms with Gasteiger partial charge in [0.25, 0.3) is 0 Å². The van der Waals surface area contributed by atoms with Gasteiger partial charge in [0.05, 0.1) is 5.92 Å². The Morgan fingerprint density at radius 2 is 2.00 bits per heavy atom. The monoisotopic (exact) mass is 446 g/mol. The third-order valence-electron chi connectivity index (χ3n) is 5.32. The van der Waals surface area contributed by atoms with Crippen molar-refractivity contribution in [1.82, 2.24) is 0 Å². The lowest BCUT2D eigenvalue weighted by atomic mass is 10.0. The van der Waals surface area contributed by atoms with E-state index in [0.29, 0.717) is 11.1 Å². The van der Waals surface area contributed by atoms with Gasteiger partial charge in [0.1, 0.15) is 18.3 Å². The predicted octanol–water partition coefficient (Wildman–Crippen LogP) is 6.89. The highest BCUT2D eigenvalue weighted by Crippen LogP contribution is 2.60. The van der Waals surface area contributed by atoms with E-state index >= 15 is 0 Å². The quantitative estimate of drug-likeness (QED) is 0.357. The first-order valence-electron chi connectivity index (χ1n) is 8.89. The number of esters is 1. The molecule has 1 aromatic carbocycles. The van der Waals surface area contributed by atoms with Crippen LogP contribution in [0.2, 0.25) is 0 Å². The van der Waals surface area contributed by atoms with Crippen molar-refractivity contribution in [2.75, 3.05) is 0 Å². The summed E-state index contributed by atoms with van der Waals surface area (Å²) in [5.74, 6) is -2.01. The molecule has 1 saturated carbocycles. The predicted molar refractivity (Wildman–Crippen MR) is 105 cm³/mol. The van der Waals surface area contributed by atoms with E-state index in [0.717, 1.165) is 16.5 Å². The zero-order valence-corrected chi connectivity index (χ0v) is 17.3. The number of carbonyl (C=O) groups is 1. The number of ether oxygens (including phenoxy) is 1. The fourth-order valence-electron chi connectivity index (χ4n) is 3.52. The summed E-state index contributed by atoms with van der Waals surface area (Å²) < 4.78 is 57.1. The van der Waals surface area contributed by atoms with Crippen LogP contribution >= 0.6 is 22.9 Å². The molecule has 0 N–H and O–H groups in total. The average molecular weight is 447 g/mol. The van der Waals surface area contributed by atoms with Gasteiger partial charge in [0, 0.05) is 4.88 Å². The topological polar surface area (TPSA) is 26.3 Å². The molecule has 0 amide bonds. The smallest absolute Gasteiger partial charge is 0.426 e. The largest absolute Gasteiger partial charge is 0.461 e. The second kappa shape index (κ2) is 8.11. The molecule has 1 aliphatic rings. The Balaban J connectivity index is 1.73. The van der Waals surface area contributed by atoms with E-state index < -0.39 is 41.1 Å². The molecule has 0 bridgehead atoms. The van der Waals surface area contributed by atoms with Crippen molar-refractivity contribution < 1.29 is 27.1 Å². The molecule has 1 aliphatic carbocycles. The average Bonchev–Trinajstić information content (AvgIpc) is 3.02. The summed E-state index contributed by atoms with van der Waals surface area (Å²) in [6.07, 6.45) is -3.77. The van der Waals surface area contributed by atoms with E-state index in [1.165, 1.54) is 11.3 Å². The first kappa shape index (κ1) is 21.8. The van der Waals surface area contributed by atoms with Crippen LogP contribution in [-0.2, 0) is 22.8 Å². The summed E-state index contributed by atoms with van der Waals surface area (Å²) in [6.45, 7) is 2.51. The zero-order valence-electron chi connectivity index (χ0n) is 15.7. The molecule has 2 aromatic rings. The van der Waals surface area contributed by atoms with Crippen LogP contribution in [0, 0.1) is 17.3 Å². The van der Waals surface area contributed by atoms with Crippen LogP contribution in [0.15, 0.2) is 46.8 Å². The van der Waals surface area contributed by atoms with Gasteiger partial charge in [-0.1, -0.05) is 55.8 Å². The normalized spacial score (nSPS) is 21.1. The van der Waals surface area contributed by atoms with Crippen LogP contribution in [0.1, 0.15) is 25.0 Å². The van der Waals surface area contributed by atoms with Crippen LogP contribution in [-0.4, -0.2) is 12.1 Å². The minimum absolute atomic E-state index is 0.146. The Hall–Kier alpha value is -1.86. The van der Waals surface area contributed by atoms with E-state index in [2.05, 4.69) is 0 Å². The zero-order chi connectivity index (χ0) is 21.4. The molecule has 1 heterocycles. The number of benzene rings is 1. The first-order chi connectivity index (χ1) is 13.6. The van der Waals surface area contributed by atoms with Crippen molar-refractivity contribution in [3.8, 4) is 10.4 Å². The van der Waals surface area contributed by atoms with Crippen LogP contribution in [0.3, 0.4) is 0 Å². The SMILES string of the molecule is CC1(C)[C@H](C(=O)OCc2cccc(-c3cccs3)c2CF)[C@@H]1/C=C(\Cl)C(F)(F)F. The lowest BCUT2D eigenvalue weighted by Gasteiger charge is -2.12. The third kappa shape index (κ3) is 4.51. The lowest BCUT2D eigenvalue weighted by Crippen LogP contribution is -2.12. The number of hydrogen-bond donors (Lipinski definition) is 0. The molecule has 3 rings (SSSR count). The van der Waals surface area contributed by atoms with Crippen molar-refractivity contribution in [2.45, 2.75) is 33.3 Å². The van der Waals surface area contributed by atoms with E-state index in [1.807, 2.05) is 17.5 Å². The Labute approximate surface area is 175 Å². The number of halogens is 5. The van der Waals surface area contributed by atoms with Crippen LogP contribution in [0.25, 0.3) is 10.4 Å². The fraction of sp³-hybridized carbons (Fsp3) is 0.381. The highest BCUT2D eigenvalue weighted by atomic mass is 35.5. The number of alkyl halides is 4. The molecule has 8 heteroatoms. The number of allylic oxidation sites excluding steroid dienone is 2. The molecule has 0 spiro atoms. The highest BCUT2D eigenvalue weighted by molar-refractivity contribution is 7.13. The second-order valence-corrected chi connectivity index (χ2v) is 8.85. The van der Waals surface area contributed by atoms with Crippen molar-refractivity contribution >= 4 is 28.9 Å². The molecular weight excluding hydrogens is 428 g/mol. The van der Waals surface area contributed by atoms with Crippen LogP contribution in [0.5, 0.6) is 0 Å². The lowest BCUT2D eigenvalue weighted by molar-refractivity contribution is -0.147. The van der Waals surface area contributed by atoms with Crippen molar-refractivity contribution in [3.63, 3.8) is 0 Å². The van der Waals surface area contributed by atoms with Gasteiger partial charge in [0.15, 0.2) is 0 Å². The molecule has 1 aromatic heterocycles. The molecule has 1 fully saturated rings. The number of rotatable bonds is 6. The number of thiophene rings is 1. The van der Waals surface area contributed by atoms with Crippen molar-refractivity contribution in [2.24, 2.45) is 17.3 Å². The Kier molecular flexibility index (Phi) is 6.11. The maximum atomic E-state index is 13.7. The summed E-state index contributed by atoms with van der Waals surface area (Å²) in [5, 5.41) is 0.646. The van der Waals surface area contributed by atoms with Gasteiger partial charge in [0.2, 0.25) is 0 Å². The van der Waals surface area contributed by atoms with Gasteiger partial charge in [-0.3, -0.25) is 4.79 Å². The molecule has 2 atom stereocenters. The van der Waals surface area contributed by atoms with Gasteiger partial charge >= 0.3 is 12.1 Å². The maximum absolute atomic E-state index is 13.7. The van der Waals surface area contributed by atoms with Gasteiger partial charge < -0.3 is 4.74 Å². The molecule has 2 nitrogen and oxygen atoms in total. The summed E-state index contributed by atoms with van der Waals surface area (Å²) in [4.78, 5) is 13.4. The Morgan fingerprint density at radius 1 is 1.28 bits per heavy atom. The standard InChI is InChI=1S/C21H19ClF4O2S/c1-20(2)15(9-17(22)21(24,25)26)18(20)19(27)28-11-12-5-3-6-13(14(12)10-23)16-7-4-8-29-16/h3-9,15,18H,10-11H2,1-2H3/b17-9-/t15-,18-/m0/s1. The summed E-state index contributed by atoms with van der Waals surface area (Å²) in [5.41, 5.74) is 1.02. The summed E-state index contributed by atoms with van der Waals surface area (Å²) in [6, 6.07) is 8.98. The van der Waals surface area contributed by atoms with Gasteiger partial charge in [-0.25, -0.2) is 4.39 Å². The van der Waals surface area contributed by atoms with Gasteiger partial charge in [-0.05, 0) is 39.5 Å². The van der Waals surface area contributed by atoms with Gasteiger partial charge in [-0.2, -0.15) is 13.2 Å². The number of carbonyl (C=O) groups excluding carboxylic acids is 1.